The quantitative estimate of drug-likeness (QED) is 0.846. The molecule has 0 saturated heterocycles. The van der Waals surface area contributed by atoms with Crippen LogP contribution in [0.2, 0.25) is 0 Å². The van der Waals surface area contributed by atoms with Crippen LogP contribution in [0.15, 0.2) is 30.6 Å². The number of nitrogens with zero attached hydrogens (tertiary/aromatic N) is 3. The number of carboxylic acids is 1. The highest BCUT2D eigenvalue weighted by molar-refractivity contribution is 5.88. The average Bonchev–Trinajstić information content (AvgIpc) is 2.77. The fourth-order valence-corrected chi connectivity index (χ4v) is 1.50. The summed E-state index contributed by atoms with van der Waals surface area (Å²) >= 11 is 0. The first kappa shape index (κ1) is 10.4. The summed E-state index contributed by atoms with van der Waals surface area (Å²) in [5.41, 5.74) is 1.02. The third-order valence-corrected chi connectivity index (χ3v) is 2.31. The largest absolute Gasteiger partial charge is 0.478 e. The minimum Gasteiger partial charge on any atom is -0.478 e. The number of carbonyl (C=O) groups is 1. The molecule has 0 saturated carbocycles. The molecule has 0 bridgehead atoms. The molecule has 0 aliphatic heterocycles. The molecule has 0 spiro atoms. The summed E-state index contributed by atoms with van der Waals surface area (Å²) in [6.45, 7) is 1.97. The van der Waals surface area contributed by atoms with E-state index in [4.69, 9.17) is 5.11 Å². The minimum atomic E-state index is -0.937. The normalized spacial score (nSPS) is 10.3. The van der Waals surface area contributed by atoms with E-state index in [0.717, 1.165) is 17.9 Å². The molecule has 16 heavy (non-hydrogen) atoms. The molecular formula is C11H11N3O2. The highest BCUT2D eigenvalue weighted by Gasteiger charge is 2.07. The Kier molecular flexibility index (Phi) is 2.68. The fraction of sp³-hybridized carbons (Fsp3) is 0.182. The van der Waals surface area contributed by atoms with Gasteiger partial charge in [0.05, 0.1) is 5.56 Å². The van der Waals surface area contributed by atoms with Crippen LogP contribution >= 0.6 is 0 Å². The van der Waals surface area contributed by atoms with Gasteiger partial charge in [0.25, 0.3) is 0 Å². The van der Waals surface area contributed by atoms with E-state index in [-0.39, 0.29) is 5.56 Å². The first-order chi connectivity index (χ1) is 7.72. The zero-order valence-electron chi connectivity index (χ0n) is 8.79. The molecule has 2 rings (SSSR count). The van der Waals surface area contributed by atoms with E-state index in [2.05, 4.69) is 10.2 Å². The van der Waals surface area contributed by atoms with Gasteiger partial charge in [0.15, 0.2) is 0 Å². The molecule has 2 aromatic rings. The van der Waals surface area contributed by atoms with Gasteiger partial charge in [0, 0.05) is 12.1 Å². The third-order valence-electron chi connectivity index (χ3n) is 2.31. The summed E-state index contributed by atoms with van der Waals surface area (Å²) in [7, 11) is 0. The number of aromatic carboxylic acids is 1. The Hall–Kier alpha value is -2.17. The van der Waals surface area contributed by atoms with E-state index in [1.165, 1.54) is 0 Å². The number of aryl methyl sites for hydroxylation is 1. The van der Waals surface area contributed by atoms with Crippen LogP contribution in [0, 0.1) is 0 Å². The molecule has 0 radical (unpaired) electrons. The van der Waals surface area contributed by atoms with Crippen LogP contribution in [0.1, 0.15) is 23.1 Å². The molecule has 1 aromatic heterocycles. The maximum atomic E-state index is 10.8. The summed E-state index contributed by atoms with van der Waals surface area (Å²) in [5, 5.41) is 16.7. The summed E-state index contributed by atoms with van der Waals surface area (Å²) in [6, 6.07) is 6.69. The Bertz CT molecular complexity index is 519. The predicted octanol–water partition coefficient (Wildman–Crippen LogP) is 1.53. The van der Waals surface area contributed by atoms with Crippen molar-refractivity contribution >= 4 is 5.97 Å². The van der Waals surface area contributed by atoms with Gasteiger partial charge in [-0.25, -0.2) is 4.79 Å². The van der Waals surface area contributed by atoms with Crippen molar-refractivity contribution in [1.82, 2.24) is 14.8 Å². The second-order valence-electron chi connectivity index (χ2n) is 3.33. The molecule has 0 atom stereocenters. The maximum absolute atomic E-state index is 10.8. The summed E-state index contributed by atoms with van der Waals surface area (Å²) < 4.78 is 1.78. The Morgan fingerprint density at radius 2 is 2.31 bits per heavy atom. The number of carboxylic acid groups (broad SMARTS) is 1. The molecule has 5 nitrogen and oxygen atoms in total. The molecular weight excluding hydrogens is 206 g/mol. The van der Waals surface area contributed by atoms with Crippen molar-refractivity contribution in [2.45, 2.75) is 13.3 Å². The van der Waals surface area contributed by atoms with Gasteiger partial charge in [0.1, 0.15) is 12.2 Å². The van der Waals surface area contributed by atoms with E-state index in [1.54, 1.807) is 29.1 Å². The lowest BCUT2D eigenvalue weighted by atomic mass is 10.2. The lowest BCUT2D eigenvalue weighted by molar-refractivity contribution is 0.0697. The number of rotatable bonds is 3. The zero-order chi connectivity index (χ0) is 11.5. The van der Waals surface area contributed by atoms with Gasteiger partial charge in [-0.05, 0) is 18.2 Å². The number of hydrogen-bond acceptors (Lipinski definition) is 3. The van der Waals surface area contributed by atoms with Crippen molar-refractivity contribution in [3.63, 3.8) is 0 Å². The molecule has 82 valence electrons. The first-order valence-corrected chi connectivity index (χ1v) is 4.95. The maximum Gasteiger partial charge on any atom is 0.335 e. The van der Waals surface area contributed by atoms with Crippen LogP contribution in [0.5, 0.6) is 0 Å². The highest BCUT2D eigenvalue weighted by Crippen LogP contribution is 2.12. The summed E-state index contributed by atoms with van der Waals surface area (Å²) in [5.74, 6) is -0.129. The smallest absolute Gasteiger partial charge is 0.335 e. The number of hydrogen-bond donors (Lipinski definition) is 1. The minimum absolute atomic E-state index is 0.258. The standard InChI is InChI=1S/C11H11N3O2/c1-2-10-13-12-7-14(10)9-5-3-4-8(6-9)11(15)16/h3-7H,2H2,1H3,(H,15,16). The lowest BCUT2D eigenvalue weighted by Gasteiger charge is -2.05. The summed E-state index contributed by atoms with van der Waals surface area (Å²) in [4.78, 5) is 10.8. The van der Waals surface area contributed by atoms with Crippen molar-refractivity contribution in [3.05, 3.63) is 42.0 Å². The van der Waals surface area contributed by atoms with Gasteiger partial charge in [0.2, 0.25) is 0 Å². The van der Waals surface area contributed by atoms with E-state index in [9.17, 15) is 4.79 Å². The number of benzene rings is 1. The molecule has 0 aliphatic carbocycles. The van der Waals surface area contributed by atoms with Gasteiger partial charge in [-0.15, -0.1) is 10.2 Å². The van der Waals surface area contributed by atoms with Gasteiger partial charge in [-0.1, -0.05) is 13.0 Å². The third kappa shape index (κ3) is 1.79. The monoisotopic (exact) mass is 217 g/mol. The van der Waals surface area contributed by atoms with Crippen LogP contribution in [0.3, 0.4) is 0 Å². The molecule has 0 fully saturated rings. The molecule has 0 amide bonds. The molecule has 0 aliphatic rings. The van der Waals surface area contributed by atoms with Gasteiger partial charge in [-0.2, -0.15) is 0 Å². The SMILES string of the molecule is CCc1nncn1-c1cccc(C(=O)O)c1. The topological polar surface area (TPSA) is 68.0 Å². The Morgan fingerprint density at radius 3 is 3.00 bits per heavy atom. The second kappa shape index (κ2) is 4.14. The summed E-state index contributed by atoms with van der Waals surface area (Å²) in [6.07, 6.45) is 2.33. The Morgan fingerprint density at radius 1 is 1.50 bits per heavy atom. The second-order valence-corrected chi connectivity index (χ2v) is 3.33. The van der Waals surface area contributed by atoms with E-state index in [1.807, 2.05) is 13.0 Å². The van der Waals surface area contributed by atoms with Crippen LogP contribution < -0.4 is 0 Å². The molecule has 1 aromatic carbocycles. The van der Waals surface area contributed by atoms with E-state index < -0.39 is 5.97 Å². The van der Waals surface area contributed by atoms with Crippen molar-refractivity contribution in [1.29, 1.82) is 0 Å². The van der Waals surface area contributed by atoms with Gasteiger partial charge in [-0.3, -0.25) is 4.57 Å². The van der Waals surface area contributed by atoms with Gasteiger partial charge < -0.3 is 5.11 Å². The van der Waals surface area contributed by atoms with Crippen molar-refractivity contribution in [2.24, 2.45) is 0 Å². The van der Waals surface area contributed by atoms with Crippen molar-refractivity contribution in [2.75, 3.05) is 0 Å². The van der Waals surface area contributed by atoms with Crippen molar-refractivity contribution < 1.29 is 9.90 Å². The highest BCUT2D eigenvalue weighted by atomic mass is 16.4. The average molecular weight is 217 g/mol. The van der Waals surface area contributed by atoms with Crippen molar-refractivity contribution in [3.8, 4) is 5.69 Å². The Balaban J connectivity index is 2.48. The van der Waals surface area contributed by atoms with Crippen LogP contribution in [0.4, 0.5) is 0 Å². The Labute approximate surface area is 92.4 Å². The molecule has 1 heterocycles. The van der Waals surface area contributed by atoms with Crippen LogP contribution in [0.25, 0.3) is 5.69 Å². The predicted molar refractivity (Wildman–Crippen MR) is 57.7 cm³/mol. The molecule has 0 unspecified atom stereocenters. The first-order valence-electron chi connectivity index (χ1n) is 4.95. The van der Waals surface area contributed by atoms with Crippen LogP contribution in [-0.4, -0.2) is 25.8 Å². The van der Waals surface area contributed by atoms with Crippen LogP contribution in [-0.2, 0) is 6.42 Å². The lowest BCUT2D eigenvalue weighted by Crippen LogP contribution is -2.02. The van der Waals surface area contributed by atoms with E-state index in [0.29, 0.717) is 0 Å². The molecule has 5 heteroatoms. The molecule has 1 N–H and O–H groups in total. The fourth-order valence-electron chi connectivity index (χ4n) is 1.50. The van der Waals surface area contributed by atoms with E-state index >= 15 is 0 Å². The zero-order valence-corrected chi connectivity index (χ0v) is 8.79. The van der Waals surface area contributed by atoms with Gasteiger partial charge >= 0.3 is 5.97 Å². The number of aromatic nitrogens is 3.